The number of nitrogens with zero attached hydrogens (tertiary/aromatic N) is 1. The molecule has 0 bridgehead atoms. The van der Waals surface area contributed by atoms with Crippen LogP contribution in [0.5, 0.6) is 5.75 Å². The molecule has 3 aliphatic carbocycles. The topological polar surface area (TPSA) is 188 Å². The number of ketones is 2. The lowest BCUT2D eigenvalue weighted by Crippen LogP contribution is -2.65. The summed E-state index contributed by atoms with van der Waals surface area (Å²) in [5.74, 6) is -6.91. The van der Waals surface area contributed by atoms with Crippen molar-refractivity contribution in [3.05, 3.63) is 70.0 Å². The van der Waals surface area contributed by atoms with Crippen LogP contribution in [0.15, 0.2) is 53.3 Å². The maximum Gasteiger partial charge on any atom is 0.306 e. The van der Waals surface area contributed by atoms with Crippen LogP contribution < -0.4 is 5.73 Å². The minimum atomic E-state index is -2.69. The molecule has 4 atom stereocenters. The third kappa shape index (κ3) is 5.29. The van der Waals surface area contributed by atoms with Gasteiger partial charge in [-0.2, -0.15) is 0 Å². The monoisotopic (exact) mass is 618 g/mol. The number of primary amides is 1. The Morgan fingerprint density at radius 1 is 1.07 bits per heavy atom. The molecule has 0 saturated heterocycles. The van der Waals surface area contributed by atoms with Gasteiger partial charge in [-0.15, -0.1) is 0 Å². The number of aryl methyl sites for hydroxylation is 1. The molecule has 0 heterocycles. The maximum absolute atomic E-state index is 14.0. The second-order valence-electron chi connectivity index (χ2n) is 12.7. The summed E-state index contributed by atoms with van der Waals surface area (Å²) in [4.78, 5) is 53.0. The van der Waals surface area contributed by atoms with Gasteiger partial charge < -0.3 is 30.9 Å². The third-order valence-electron chi connectivity index (χ3n) is 9.06. The maximum atomic E-state index is 14.0. The van der Waals surface area contributed by atoms with Crippen molar-refractivity contribution in [3.63, 3.8) is 0 Å². The number of fused-ring (bicyclic) bond motifs is 3. The molecule has 11 nitrogen and oxygen atoms in total. The highest BCUT2D eigenvalue weighted by molar-refractivity contribution is 6.24. The van der Waals surface area contributed by atoms with Crippen LogP contribution >= 0.6 is 0 Å². The van der Waals surface area contributed by atoms with E-state index in [1.807, 2.05) is 38.1 Å². The van der Waals surface area contributed by atoms with Gasteiger partial charge in [-0.3, -0.25) is 24.1 Å². The Morgan fingerprint density at radius 2 is 1.73 bits per heavy atom. The summed E-state index contributed by atoms with van der Waals surface area (Å²) < 4.78 is 5.25. The number of hydrogen-bond acceptors (Lipinski definition) is 10. The van der Waals surface area contributed by atoms with E-state index in [1.54, 1.807) is 20.2 Å². The Morgan fingerprint density at radius 3 is 2.33 bits per heavy atom. The van der Waals surface area contributed by atoms with Crippen LogP contribution in [0.3, 0.4) is 0 Å². The number of aliphatic hydroxyl groups is 3. The van der Waals surface area contributed by atoms with Crippen molar-refractivity contribution in [2.24, 2.45) is 23.5 Å². The Bertz CT molecular complexity index is 1650. The van der Waals surface area contributed by atoms with Crippen molar-refractivity contribution in [2.75, 3.05) is 20.7 Å². The molecule has 1 saturated carbocycles. The molecule has 45 heavy (non-hydrogen) atoms. The summed E-state index contributed by atoms with van der Waals surface area (Å²) >= 11 is 0. The number of likely N-dealkylation sites (N-methyl/N-ethyl adjacent to an activating group) is 1. The summed E-state index contributed by atoms with van der Waals surface area (Å²) in [6, 6.07) is 9.49. The molecule has 238 valence electrons. The first-order valence-corrected chi connectivity index (χ1v) is 14.9. The molecule has 0 spiro atoms. The SMILES string of the molecule is CC(C)COC(=O)CCc1ccc(-c2ccc(O)c3c2C[C@H]2C[C@@H]4[C@H](N(C)C)C(=O)C(C(N)=O)=C(O)[C@]4(O)C(=O)C2=C3O)cc1. The molecule has 1 fully saturated rings. The van der Waals surface area contributed by atoms with Crippen LogP contribution in [0, 0.1) is 17.8 Å². The minimum absolute atomic E-state index is 0.00665. The Balaban J connectivity index is 1.53. The molecule has 0 unspecified atom stereocenters. The van der Waals surface area contributed by atoms with Gasteiger partial charge >= 0.3 is 5.97 Å². The largest absolute Gasteiger partial charge is 0.508 e. The average Bonchev–Trinajstić information content (AvgIpc) is 2.97. The van der Waals surface area contributed by atoms with E-state index in [0.717, 1.165) is 11.1 Å². The number of hydrogen-bond donors (Lipinski definition) is 5. The quantitative estimate of drug-likeness (QED) is 0.217. The van der Waals surface area contributed by atoms with Crippen LogP contribution in [0.1, 0.15) is 43.4 Å². The molecule has 2 aromatic carbocycles. The number of amides is 1. The molecule has 2 aromatic rings. The van der Waals surface area contributed by atoms with E-state index < -0.39 is 58.0 Å². The van der Waals surface area contributed by atoms with E-state index in [4.69, 9.17) is 10.5 Å². The van der Waals surface area contributed by atoms with E-state index in [-0.39, 0.29) is 48.0 Å². The molecule has 0 radical (unpaired) electrons. The smallest absolute Gasteiger partial charge is 0.306 e. The third-order valence-corrected chi connectivity index (χ3v) is 9.06. The second-order valence-corrected chi connectivity index (χ2v) is 12.7. The molecule has 3 aliphatic rings. The fourth-order valence-electron chi connectivity index (χ4n) is 6.94. The van der Waals surface area contributed by atoms with E-state index in [9.17, 15) is 39.6 Å². The van der Waals surface area contributed by atoms with Crippen molar-refractivity contribution < 1.29 is 44.3 Å². The number of Topliss-reactive ketones (excluding diaryl/α,β-unsaturated/α-hetero) is 2. The van der Waals surface area contributed by atoms with Crippen molar-refractivity contribution >= 4 is 29.2 Å². The van der Waals surface area contributed by atoms with E-state index in [1.165, 1.54) is 11.0 Å². The summed E-state index contributed by atoms with van der Waals surface area (Å²) in [7, 11) is 3.11. The number of benzene rings is 2. The number of ether oxygens (including phenoxy) is 1. The Kier molecular flexibility index (Phi) is 8.37. The number of phenols is 1. The number of esters is 1. The normalized spacial score (nSPS) is 24.5. The average molecular weight is 619 g/mol. The molecule has 5 rings (SSSR count). The van der Waals surface area contributed by atoms with Gasteiger partial charge in [0.05, 0.1) is 18.2 Å². The van der Waals surface area contributed by atoms with Crippen LogP contribution in [0.2, 0.25) is 0 Å². The fraction of sp³-hybridized carbons (Fsp3) is 0.412. The molecule has 0 aliphatic heterocycles. The molecular formula is C34H38N2O9. The number of nitrogens with two attached hydrogens (primary N) is 1. The molecule has 6 N–H and O–H groups in total. The van der Waals surface area contributed by atoms with Crippen LogP contribution in [0.25, 0.3) is 16.9 Å². The minimum Gasteiger partial charge on any atom is -0.508 e. The highest BCUT2D eigenvalue weighted by Gasteiger charge is 2.64. The fourth-order valence-corrected chi connectivity index (χ4v) is 6.94. The molecular weight excluding hydrogens is 580 g/mol. The van der Waals surface area contributed by atoms with Gasteiger partial charge in [-0.1, -0.05) is 44.2 Å². The molecule has 11 heteroatoms. The lowest BCUT2D eigenvalue weighted by molar-refractivity contribution is -0.153. The number of rotatable bonds is 8. The first kappa shape index (κ1) is 31.9. The summed E-state index contributed by atoms with van der Waals surface area (Å²) in [5.41, 5.74) is 4.65. The Labute approximate surface area is 260 Å². The highest BCUT2D eigenvalue weighted by atomic mass is 16.5. The van der Waals surface area contributed by atoms with E-state index >= 15 is 0 Å². The van der Waals surface area contributed by atoms with Crippen LogP contribution in [-0.4, -0.2) is 81.1 Å². The van der Waals surface area contributed by atoms with Crippen LogP contribution in [-0.2, 0) is 36.8 Å². The number of aromatic hydroxyl groups is 1. The number of phenolic OH excluding ortho intramolecular Hbond substituents is 1. The van der Waals surface area contributed by atoms with E-state index in [2.05, 4.69) is 0 Å². The van der Waals surface area contributed by atoms with E-state index in [0.29, 0.717) is 24.2 Å². The first-order chi connectivity index (χ1) is 21.2. The zero-order valence-electron chi connectivity index (χ0n) is 25.7. The predicted octanol–water partition coefficient (Wildman–Crippen LogP) is 2.76. The van der Waals surface area contributed by atoms with Gasteiger partial charge in [-0.25, -0.2) is 0 Å². The van der Waals surface area contributed by atoms with Crippen molar-refractivity contribution in [1.29, 1.82) is 0 Å². The van der Waals surface area contributed by atoms with Crippen molar-refractivity contribution in [2.45, 2.75) is 51.2 Å². The lowest BCUT2D eigenvalue weighted by Gasteiger charge is -2.50. The second kappa shape index (κ2) is 11.8. The summed E-state index contributed by atoms with van der Waals surface area (Å²) in [5, 5.41) is 45.1. The van der Waals surface area contributed by atoms with Gasteiger partial charge in [-0.05, 0) is 73.5 Å². The van der Waals surface area contributed by atoms with Crippen molar-refractivity contribution in [1.82, 2.24) is 4.90 Å². The van der Waals surface area contributed by atoms with Crippen LogP contribution in [0.4, 0.5) is 0 Å². The van der Waals surface area contributed by atoms with Gasteiger partial charge in [0, 0.05) is 17.9 Å². The summed E-state index contributed by atoms with van der Waals surface area (Å²) in [6.45, 7) is 4.31. The molecule has 0 aromatic heterocycles. The standard InChI is InChI=1S/C34H38N2O9/c1-16(2)15-45-24(38)12-7-17-5-8-18(9-6-17)20-10-11-23(37)26-21(20)13-19-14-22-28(36(3)4)30(40)27(33(35)43)32(42)34(22,44)31(41)25(19)29(26)39/h5-6,8-11,16,19,22,28,37,39,42,44H,7,12-15H2,1-4H3,(H2,35,43)/t19-,22+,28-,34+/m0/s1. The van der Waals surface area contributed by atoms with Gasteiger partial charge in [0.25, 0.3) is 5.91 Å². The predicted molar refractivity (Wildman–Crippen MR) is 164 cm³/mol. The molecule has 1 amide bonds. The number of aliphatic hydroxyl groups excluding tert-OH is 2. The first-order valence-electron chi connectivity index (χ1n) is 14.9. The van der Waals surface area contributed by atoms with Gasteiger partial charge in [0.1, 0.15) is 22.8 Å². The van der Waals surface area contributed by atoms with Gasteiger partial charge in [0.15, 0.2) is 11.4 Å². The highest BCUT2D eigenvalue weighted by Crippen LogP contribution is 2.53. The number of carbonyl (C=O) groups is 4. The lowest BCUT2D eigenvalue weighted by atomic mass is 9.57. The zero-order chi connectivity index (χ0) is 33.0. The number of carbonyl (C=O) groups excluding carboxylic acids is 4. The summed E-state index contributed by atoms with van der Waals surface area (Å²) in [6.07, 6.45) is 0.929. The van der Waals surface area contributed by atoms with Gasteiger partial charge in [0.2, 0.25) is 5.78 Å². The zero-order valence-corrected chi connectivity index (χ0v) is 25.7. The van der Waals surface area contributed by atoms with Crippen molar-refractivity contribution in [3.8, 4) is 16.9 Å². The Hall–Kier alpha value is -4.48.